The predicted molar refractivity (Wildman–Crippen MR) is 127 cm³/mol. The van der Waals surface area contributed by atoms with Gasteiger partial charge in [0.15, 0.2) is 5.78 Å². The van der Waals surface area contributed by atoms with Crippen LogP contribution < -0.4 is 0 Å². The molecule has 4 fully saturated rings. The Morgan fingerprint density at radius 2 is 1.97 bits per heavy atom. The summed E-state index contributed by atoms with van der Waals surface area (Å²) in [5, 5.41) is 24.0. The van der Waals surface area contributed by atoms with Crippen LogP contribution in [0.1, 0.15) is 75.8 Å². The van der Waals surface area contributed by atoms with Crippen molar-refractivity contribution in [3.8, 4) is 0 Å². The van der Waals surface area contributed by atoms with Crippen LogP contribution in [0, 0.1) is 17.3 Å². The SMILES string of the molecule is CCOC[C@]1(O)CC[C@H]2[C@@H]3CCC4=CC(=O)CC[C@]45O[C@]35[C@@H](c3ccc(/C=N/O)cc3)C[C@@]21C. The van der Waals surface area contributed by atoms with E-state index in [0.717, 1.165) is 44.1 Å². The molecule has 0 amide bonds. The molecule has 6 rings (SSSR count). The number of ketones is 1. The second kappa shape index (κ2) is 7.49. The van der Waals surface area contributed by atoms with Crippen LogP contribution in [0.2, 0.25) is 0 Å². The van der Waals surface area contributed by atoms with Crippen LogP contribution in [0.4, 0.5) is 0 Å². The highest BCUT2D eigenvalue weighted by Gasteiger charge is 2.83. The van der Waals surface area contributed by atoms with Gasteiger partial charge in [-0.1, -0.05) is 36.3 Å². The lowest BCUT2D eigenvalue weighted by Gasteiger charge is -2.56. The lowest BCUT2D eigenvalue weighted by molar-refractivity contribution is -0.152. The molecule has 3 saturated carbocycles. The number of carbonyl (C=O) groups excluding carboxylic acids is 1. The zero-order chi connectivity index (χ0) is 23.8. The molecule has 0 bridgehead atoms. The third-order valence-electron chi connectivity index (χ3n) is 10.3. The maximum absolute atomic E-state index is 12.3. The number of hydrogen-bond acceptors (Lipinski definition) is 6. The van der Waals surface area contributed by atoms with E-state index in [2.05, 4.69) is 24.2 Å². The molecule has 1 heterocycles. The lowest BCUT2D eigenvalue weighted by Crippen LogP contribution is -2.60. The number of aliphatic hydroxyl groups is 1. The fourth-order valence-corrected chi connectivity index (χ4v) is 8.61. The van der Waals surface area contributed by atoms with Gasteiger partial charge in [-0.25, -0.2) is 0 Å². The molecular formula is C28H35NO5. The van der Waals surface area contributed by atoms with E-state index in [1.54, 1.807) is 0 Å². The van der Waals surface area contributed by atoms with E-state index in [-0.39, 0.29) is 28.3 Å². The molecule has 6 nitrogen and oxygen atoms in total. The van der Waals surface area contributed by atoms with Gasteiger partial charge in [0.05, 0.1) is 18.4 Å². The first-order valence-corrected chi connectivity index (χ1v) is 12.9. The molecule has 1 saturated heterocycles. The van der Waals surface area contributed by atoms with Crippen molar-refractivity contribution in [2.45, 2.75) is 81.5 Å². The highest BCUT2D eigenvalue weighted by molar-refractivity contribution is 5.92. The van der Waals surface area contributed by atoms with Crippen molar-refractivity contribution in [2.75, 3.05) is 13.2 Å². The first-order valence-electron chi connectivity index (χ1n) is 12.9. The highest BCUT2D eigenvalue weighted by Crippen LogP contribution is 2.79. The normalized spacial score (nSPS) is 44.7. The molecule has 5 aliphatic rings. The van der Waals surface area contributed by atoms with Crippen molar-refractivity contribution in [1.29, 1.82) is 0 Å². The van der Waals surface area contributed by atoms with Crippen LogP contribution in [0.3, 0.4) is 0 Å². The van der Waals surface area contributed by atoms with Gasteiger partial charge in [-0.05, 0) is 80.1 Å². The summed E-state index contributed by atoms with van der Waals surface area (Å²) in [6, 6.07) is 8.20. The van der Waals surface area contributed by atoms with Crippen LogP contribution >= 0.6 is 0 Å². The smallest absolute Gasteiger partial charge is 0.155 e. The summed E-state index contributed by atoms with van der Waals surface area (Å²) < 4.78 is 12.8. The van der Waals surface area contributed by atoms with E-state index in [1.165, 1.54) is 17.4 Å². The van der Waals surface area contributed by atoms with Crippen molar-refractivity contribution < 1.29 is 24.6 Å². The van der Waals surface area contributed by atoms with Gasteiger partial charge in [0.2, 0.25) is 0 Å². The fourth-order valence-electron chi connectivity index (χ4n) is 8.61. The predicted octanol–water partition coefficient (Wildman–Crippen LogP) is 4.37. The number of nitrogens with zero attached hydrogens (tertiary/aromatic N) is 1. The summed E-state index contributed by atoms with van der Waals surface area (Å²) in [5.41, 5.74) is 1.46. The van der Waals surface area contributed by atoms with E-state index in [9.17, 15) is 9.90 Å². The van der Waals surface area contributed by atoms with Crippen molar-refractivity contribution >= 4 is 12.0 Å². The molecule has 34 heavy (non-hydrogen) atoms. The summed E-state index contributed by atoms with van der Waals surface area (Å²) in [4.78, 5) is 12.3. The molecule has 0 unspecified atom stereocenters. The van der Waals surface area contributed by atoms with E-state index >= 15 is 0 Å². The summed E-state index contributed by atoms with van der Waals surface area (Å²) >= 11 is 0. The lowest BCUT2D eigenvalue weighted by atomic mass is 9.46. The monoisotopic (exact) mass is 465 g/mol. The quantitative estimate of drug-likeness (QED) is 0.292. The van der Waals surface area contributed by atoms with Gasteiger partial charge in [0.25, 0.3) is 0 Å². The van der Waals surface area contributed by atoms with E-state index in [1.807, 2.05) is 25.1 Å². The molecule has 6 heteroatoms. The molecule has 2 spiro atoms. The van der Waals surface area contributed by atoms with Gasteiger partial charge in [0, 0.05) is 24.4 Å². The van der Waals surface area contributed by atoms with E-state index < -0.39 is 5.60 Å². The second-order valence-electron chi connectivity index (χ2n) is 11.4. The van der Waals surface area contributed by atoms with Crippen molar-refractivity contribution in [3.63, 3.8) is 0 Å². The van der Waals surface area contributed by atoms with Gasteiger partial charge < -0.3 is 19.8 Å². The molecule has 0 aromatic heterocycles. The first kappa shape index (κ1) is 22.4. The Kier molecular flexibility index (Phi) is 4.94. The number of epoxide rings is 1. The largest absolute Gasteiger partial charge is 0.411 e. The average Bonchev–Trinajstić information content (AvgIpc) is 3.44. The minimum Gasteiger partial charge on any atom is -0.411 e. The Balaban J connectivity index is 1.46. The molecule has 1 aliphatic heterocycles. The summed E-state index contributed by atoms with van der Waals surface area (Å²) in [7, 11) is 0. The second-order valence-corrected chi connectivity index (χ2v) is 11.4. The van der Waals surface area contributed by atoms with Gasteiger partial charge in [0.1, 0.15) is 11.2 Å². The van der Waals surface area contributed by atoms with E-state index in [4.69, 9.17) is 14.7 Å². The first-order chi connectivity index (χ1) is 16.3. The van der Waals surface area contributed by atoms with Gasteiger partial charge in [-0.2, -0.15) is 0 Å². The van der Waals surface area contributed by atoms with Crippen molar-refractivity contribution in [3.05, 3.63) is 47.0 Å². The van der Waals surface area contributed by atoms with Gasteiger partial charge in [-0.3, -0.25) is 4.79 Å². The standard InChI is InChI=1S/C28H35NO5/c1-3-33-17-26(31)12-11-22-23-9-8-20-14-21(30)10-13-27(20)28(23,34-27)24(15-25(22,26)2)19-6-4-18(5-7-19)16-29-32/h4-7,14,16,22-24,31-32H,3,8-13,15,17H2,1-2H3/b29-16+/t22-,23-,24+,25-,26+,27-,28-/m0/s1. The molecule has 4 aliphatic carbocycles. The van der Waals surface area contributed by atoms with Crippen LogP contribution in [-0.2, 0) is 14.3 Å². The van der Waals surface area contributed by atoms with E-state index in [0.29, 0.717) is 31.5 Å². The molecular weight excluding hydrogens is 430 g/mol. The molecule has 7 atom stereocenters. The third kappa shape index (κ3) is 2.73. The Labute approximate surface area is 201 Å². The van der Waals surface area contributed by atoms with Crippen LogP contribution in [-0.4, -0.2) is 52.3 Å². The maximum atomic E-state index is 12.3. The Morgan fingerprint density at radius 1 is 1.18 bits per heavy atom. The van der Waals surface area contributed by atoms with Crippen molar-refractivity contribution in [1.82, 2.24) is 0 Å². The zero-order valence-electron chi connectivity index (χ0n) is 20.1. The Morgan fingerprint density at radius 3 is 2.71 bits per heavy atom. The third-order valence-corrected chi connectivity index (χ3v) is 10.3. The van der Waals surface area contributed by atoms with Gasteiger partial charge >= 0.3 is 0 Å². The molecule has 0 radical (unpaired) electrons. The van der Waals surface area contributed by atoms with Crippen molar-refractivity contribution in [2.24, 2.45) is 22.4 Å². The zero-order valence-corrected chi connectivity index (χ0v) is 20.1. The minimum absolute atomic E-state index is 0.113. The van der Waals surface area contributed by atoms with Crippen LogP contribution in [0.25, 0.3) is 0 Å². The average molecular weight is 466 g/mol. The number of rotatable bonds is 5. The highest BCUT2D eigenvalue weighted by atomic mass is 16.6. The Hall–Kier alpha value is -2.02. The minimum atomic E-state index is -0.849. The number of ether oxygens (including phenoxy) is 2. The number of oxime groups is 1. The van der Waals surface area contributed by atoms with Crippen LogP contribution in [0.15, 0.2) is 41.1 Å². The number of fused-ring (bicyclic) bond motifs is 2. The number of benzene rings is 1. The number of carbonyl (C=O) groups is 1. The summed E-state index contributed by atoms with van der Waals surface area (Å²) in [5.74, 6) is 1.05. The fraction of sp³-hybridized carbons (Fsp3) is 0.643. The molecule has 2 N–H and O–H groups in total. The van der Waals surface area contributed by atoms with Crippen LogP contribution in [0.5, 0.6) is 0 Å². The summed E-state index contributed by atoms with van der Waals surface area (Å²) in [6.07, 6.45) is 9.11. The number of hydrogen-bond donors (Lipinski definition) is 2. The Bertz CT molecular complexity index is 1070. The molecule has 182 valence electrons. The van der Waals surface area contributed by atoms with Gasteiger partial charge in [-0.15, -0.1) is 0 Å². The molecule has 1 aromatic rings. The topological polar surface area (TPSA) is 91.7 Å². The maximum Gasteiger partial charge on any atom is 0.155 e. The molecule has 1 aromatic carbocycles. The summed E-state index contributed by atoms with van der Waals surface area (Å²) in [6.45, 7) is 5.24.